The molecule has 0 spiro atoms. The van der Waals surface area contributed by atoms with Gasteiger partial charge in [0.2, 0.25) is 0 Å². The lowest BCUT2D eigenvalue weighted by Gasteiger charge is -2.32. The Hall–Kier alpha value is -0.870. The van der Waals surface area contributed by atoms with E-state index in [9.17, 15) is 0 Å². The third kappa shape index (κ3) is 1.81. The van der Waals surface area contributed by atoms with E-state index in [1.165, 1.54) is 5.69 Å². The number of hydrogen-bond donors (Lipinski definition) is 1. The zero-order valence-corrected chi connectivity index (χ0v) is 8.90. The van der Waals surface area contributed by atoms with Crippen molar-refractivity contribution in [3.63, 3.8) is 0 Å². The van der Waals surface area contributed by atoms with E-state index in [1.54, 1.807) is 0 Å². The van der Waals surface area contributed by atoms with Gasteiger partial charge in [0, 0.05) is 45.5 Å². The van der Waals surface area contributed by atoms with Crippen molar-refractivity contribution in [3.8, 4) is 0 Å². The summed E-state index contributed by atoms with van der Waals surface area (Å²) in [6.07, 6.45) is 3.83. The molecule has 1 saturated heterocycles. The van der Waals surface area contributed by atoms with Gasteiger partial charge in [0.15, 0.2) is 0 Å². The van der Waals surface area contributed by atoms with Gasteiger partial charge in [-0.05, 0) is 6.92 Å². The molecule has 78 valence electrons. The topological polar surface area (TPSA) is 33.1 Å². The van der Waals surface area contributed by atoms with Gasteiger partial charge in [0.05, 0.1) is 12.0 Å². The third-order valence-electron chi connectivity index (χ3n) is 2.98. The normalized spacial score (nSPS) is 21.0. The molecule has 1 aliphatic heterocycles. The average molecular weight is 194 g/mol. The fourth-order valence-electron chi connectivity index (χ4n) is 2.03. The van der Waals surface area contributed by atoms with E-state index < -0.39 is 0 Å². The average Bonchev–Trinajstić information content (AvgIpc) is 2.65. The molecule has 1 aliphatic rings. The van der Waals surface area contributed by atoms with Crippen molar-refractivity contribution in [1.29, 1.82) is 0 Å². The van der Waals surface area contributed by atoms with Gasteiger partial charge in [-0.25, -0.2) is 4.98 Å². The lowest BCUT2D eigenvalue weighted by atomic mass is 10.2. The van der Waals surface area contributed by atoms with Crippen molar-refractivity contribution in [2.24, 2.45) is 7.05 Å². The van der Waals surface area contributed by atoms with E-state index in [0.29, 0.717) is 6.04 Å². The van der Waals surface area contributed by atoms with Gasteiger partial charge in [-0.1, -0.05) is 0 Å². The summed E-state index contributed by atoms with van der Waals surface area (Å²) in [7, 11) is 2.06. The number of imidazole rings is 1. The SMILES string of the molecule is CC(c1cncn1C)N1CCNCC1. The summed E-state index contributed by atoms with van der Waals surface area (Å²) in [5, 5.41) is 3.37. The van der Waals surface area contributed by atoms with Gasteiger partial charge in [-0.15, -0.1) is 0 Å². The quantitative estimate of drug-likeness (QED) is 0.739. The highest BCUT2D eigenvalue weighted by Gasteiger charge is 2.19. The zero-order valence-electron chi connectivity index (χ0n) is 8.90. The minimum atomic E-state index is 0.476. The molecular formula is C10H18N4. The van der Waals surface area contributed by atoms with Gasteiger partial charge in [-0.2, -0.15) is 0 Å². The number of aromatic nitrogens is 2. The molecule has 4 heteroatoms. The van der Waals surface area contributed by atoms with Crippen LogP contribution in [-0.4, -0.2) is 40.6 Å². The smallest absolute Gasteiger partial charge is 0.0946 e. The highest BCUT2D eigenvalue weighted by atomic mass is 15.2. The maximum Gasteiger partial charge on any atom is 0.0946 e. The zero-order chi connectivity index (χ0) is 9.97. The number of hydrogen-bond acceptors (Lipinski definition) is 3. The molecule has 1 fully saturated rings. The molecule has 14 heavy (non-hydrogen) atoms. The van der Waals surface area contributed by atoms with E-state index >= 15 is 0 Å². The minimum Gasteiger partial charge on any atom is -0.336 e. The first-order chi connectivity index (χ1) is 6.79. The molecule has 0 bridgehead atoms. The van der Waals surface area contributed by atoms with Crippen LogP contribution in [0.15, 0.2) is 12.5 Å². The van der Waals surface area contributed by atoms with Gasteiger partial charge in [0.1, 0.15) is 0 Å². The number of nitrogens with one attached hydrogen (secondary N) is 1. The molecular weight excluding hydrogens is 176 g/mol. The monoisotopic (exact) mass is 194 g/mol. The maximum atomic E-state index is 4.16. The molecule has 1 atom stereocenters. The first kappa shape index (κ1) is 9.68. The van der Waals surface area contributed by atoms with Crippen LogP contribution in [0.3, 0.4) is 0 Å². The summed E-state index contributed by atoms with van der Waals surface area (Å²) in [6, 6.07) is 0.476. The highest BCUT2D eigenvalue weighted by Crippen LogP contribution is 2.18. The number of rotatable bonds is 2. The summed E-state index contributed by atoms with van der Waals surface area (Å²) in [5.74, 6) is 0. The lowest BCUT2D eigenvalue weighted by Crippen LogP contribution is -2.44. The minimum absolute atomic E-state index is 0.476. The van der Waals surface area contributed by atoms with Crippen LogP contribution >= 0.6 is 0 Å². The van der Waals surface area contributed by atoms with Crippen molar-refractivity contribution in [3.05, 3.63) is 18.2 Å². The fraction of sp³-hybridized carbons (Fsp3) is 0.700. The van der Waals surface area contributed by atoms with Gasteiger partial charge >= 0.3 is 0 Å². The Morgan fingerprint density at radius 2 is 2.14 bits per heavy atom. The molecule has 2 heterocycles. The fourth-order valence-corrected chi connectivity index (χ4v) is 2.03. The lowest BCUT2D eigenvalue weighted by molar-refractivity contribution is 0.180. The van der Waals surface area contributed by atoms with E-state index in [4.69, 9.17) is 0 Å². The van der Waals surface area contributed by atoms with E-state index in [1.807, 2.05) is 12.5 Å². The van der Waals surface area contributed by atoms with Crippen LogP contribution in [0, 0.1) is 0 Å². The molecule has 1 aromatic rings. The summed E-state index contributed by atoms with van der Waals surface area (Å²) in [6.45, 7) is 6.71. The predicted molar refractivity (Wildman–Crippen MR) is 56.1 cm³/mol. The van der Waals surface area contributed by atoms with Crippen LogP contribution in [-0.2, 0) is 7.05 Å². The summed E-state index contributed by atoms with van der Waals surface area (Å²) in [5.41, 5.74) is 1.30. The Morgan fingerprint density at radius 1 is 1.43 bits per heavy atom. The van der Waals surface area contributed by atoms with Gasteiger partial charge in [-0.3, -0.25) is 4.90 Å². The third-order valence-corrected chi connectivity index (χ3v) is 2.98. The molecule has 0 aliphatic carbocycles. The van der Waals surface area contributed by atoms with E-state index in [2.05, 4.69) is 33.7 Å². The number of nitrogens with zero attached hydrogens (tertiary/aromatic N) is 3. The van der Waals surface area contributed by atoms with Gasteiger partial charge in [0.25, 0.3) is 0 Å². The molecule has 1 aromatic heterocycles. The first-order valence-corrected chi connectivity index (χ1v) is 5.20. The van der Waals surface area contributed by atoms with Crippen molar-refractivity contribution in [2.45, 2.75) is 13.0 Å². The van der Waals surface area contributed by atoms with Crippen LogP contribution < -0.4 is 5.32 Å². The largest absolute Gasteiger partial charge is 0.336 e. The molecule has 0 aromatic carbocycles. The van der Waals surface area contributed by atoms with E-state index in [0.717, 1.165) is 26.2 Å². The van der Waals surface area contributed by atoms with Crippen LogP contribution in [0.4, 0.5) is 0 Å². The molecule has 0 saturated carbocycles. The molecule has 2 rings (SSSR count). The van der Waals surface area contributed by atoms with Crippen LogP contribution in [0.25, 0.3) is 0 Å². The molecule has 0 amide bonds. The molecule has 1 unspecified atom stereocenters. The predicted octanol–water partition coefficient (Wildman–Crippen LogP) is 0.386. The second-order valence-electron chi connectivity index (χ2n) is 3.89. The van der Waals surface area contributed by atoms with Crippen molar-refractivity contribution in [1.82, 2.24) is 19.8 Å². The summed E-state index contributed by atoms with van der Waals surface area (Å²) < 4.78 is 2.10. The molecule has 1 N–H and O–H groups in total. The molecule has 4 nitrogen and oxygen atoms in total. The number of aryl methyl sites for hydroxylation is 1. The Bertz CT molecular complexity index is 288. The Morgan fingerprint density at radius 3 is 2.71 bits per heavy atom. The van der Waals surface area contributed by atoms with Crippen molar-refractivity contribution in [2.75, 3.05) is 26.2 Å². The Labute approximate surface area is 84.9 Å². The van der Waals surface area contributed by atoms with Gasteiger partial charge < -0.3 is 9.88 Å². The second-order valence-corrected chi connectivity index (χ2v) is 3.89. The Balaban J connectivity index is 2.07. The van der Waals surface area contributed by atoms with E-state index in [-0.39, 0.29) is 0 Å². The van der Waals surface area contributed by atoms with Crippen LogP contribution in [0.1, 0.15) is 18.7 Å². The summed E-state index contributed by atoms with van der Waals surface area (Å²) in [4.78, 5) is 6.65. The second kappa shape index (κ2) is 4.11. The van der Waals surface area contributed by atoms with Crippen LogP contribution in [0.2, 0.25) is 0 Å². The van der Waals surface area contributed by atoms with Crippen molar-refractivity contribution >= 4 is 0 Å². The maximum absolute atomic E-state index is 4.16. The summed E-state index contributed by atoms with van der Waals surface area (Å²) >= 11 is 0. The number of piperazine rings is 1. The van der Waals surface area contributed by atoms with Crippen molar-refractivity contribution < 1.29 is 0 Å². The molecule has 0 radical (unpaired) electrons. The first-order valence-electron chi connectivity index (χ1n) is 5.20. The highest BCUT2D eigenvalue weighted by molar-refractivity contribution is 5.04. The Kier molecular flexibility index (Phi) is 2.84. The van der Waals surface area contributed by atoms with Crippen LogP contribution in [0.5, 0.6) is 0 Å². The standard InChI is InChI=1S/C10H18N4/c1-9(10-7-12-8-13(10)2)14-5-3-11-4-6-14/h7-9,11H,3-6H2,1-2H3.